The molecule has 1 heterocycles. The Morgan fingerprint density at radius 3 is 2.82 bits per heavy atom. The minimum Gasteiger partial charge on any atom is -0.326 e. The van der Waals surface area contributed by atoms with E-state index >= 15 is 0 Å². The Balaban J connectivity index is 2.40. The highest BCUT2D eigenvalue weighted by Crippen LogP contribution is 2.39. The molecule has 2 rings (SSSR count). The molecule has 1 atom stereocenters. The number of nitrogens with one attached hydrogen (secondary N) is 2. The largest absolute Gasteiger partial charge is 0.326 e. The van der Waals surface area contributed by atoms with Crippen LogP contribution >= 0.6 is 11.8 Å². The molecule has 1 aliphatic heterocycles. The van der Waals surface area contributed by atoms with Crippen LogP contribution in [0.15, 0.2) is 23.1 Å². The third-order valence-electron chi connectivity index (χ3n) is 2.84. The van der Waals surface area contributed by atoms with Crippen LogP contribution in [0.4, 0.5) is 5.69 Å². The molecule has 1 unspecified atom stereocenters. The standard InChI is InChI=1S/C13H18N2OS/c1-8(16)14-10-5-6-12-11(7-10)13(3,4)15-9(2)17-12/h5-7,9,15H,1-4H3,(H,14,16). The van der Waals surface area contributed by atoms with Crippen molar-refractivity contribution in [2.75, 3.05) is 5.32 Å². The van der Waals surface area contributed by atoms with Crippen molar-refractivity contribution >= 4 is 23.4 Å². The Morgan fingerprint density at radius 2 is 2.18 bits per heavy atom. The predicted molar refractivity (Wildman–Crippen MR) is 72.2 cm³/mol. The fraction of sp³-hybridized carbons (Fsp3) is 0.462. The molecule has 1 aromatic rings. The van der Waals surface area contributed by atoms with Crippen LogP contribution in [0.1, 0.15) is 33.3 Å². The molecule has 0 saturated carbocycles. The van der Waals surface area contributed by atoms with Crippen LogP contribution in [0.3, 0.4) is 0 Å². The van der Waals surface area contributed by atoms with E-state index in [4.69, 9.17) is 0 Å². The lowest BCUT2D eigenvalue weighted by molar-refractivity contribution is -0.114. The number of fused-ring (bicyclic) bond motifs is 1. The summed E-state index contributed by atoms with van der Waals surface area (Å²) >= 11 is 1.82. The maximum Gasteiger partial charge on any atom is 0.221 e. The predicted octanol–water partition coefficient (Wildman–Crippen LogP) is 2.92. The van der Waals surface area contributed by atoms with Crippen LogP contribution in [0, 0.1) is 0 Å². The maximum absolute atomic E-state index is 11.1. The molecular formula is C13H18N2OS. The van der Waals surface area contributed by atoms with Crippen LogP contribution in [0.25, 0.3) is 0 Å². The van der Waals surface area contributed by atoms with Gasteiger partial charge in [-0.3, -0.25) is 10.1 Å². The number of carbonyl (C=O) groups excluding carboxylic acids is 1. The highest BCUT2D eigenvalue weighted by molar-refractivity contribution is 8.00. The number of amides is 1. The van der Waals surface area contributed by atoms with Crippen molar-refractivity contribution in [2.24, 2.45) is 0 Å². The lowest BCUT2D eigenvalue weighted by Crippen LogP contribution is -2.44. The third-order valence-corrected chi connectivity index (χ3v) is 3.92. The zero-order valence-electron chi connectivity index (χ0n) is 10.6. The van der Waals surface area contributed by atoms with Crippen molar-refractivity contribution in [1.29, 1.82) is 0 Å². The lowest BCUT2D eigenvalue weighted by Gasteiger charge is -2.37. The van der Waals surface area contributed by atoms with Crippen LogP contribution in [-0.2, 0) is 10.3 Å². The first-order valence-electron chi connectivity index (χ1n) is 5.75. The van der Waals surface area contributed by atoms with E-state index in [2.05, 4.69) is 43.5 Å². The first-order valence-corrected chi connectivity index (χ1v) is 6.63. The van der Waals surface area contributed by atoms with Gasteiger partial charge in [-0.2, -0.15) is 0 Å². The Kier molecular flexibility index (Phi) is 3.19. The van der Waals surface area contributed by atoms with Gasteiger partial charge >= 0.3 is 0 Å². The Morgan fingerprint density at radius 1 is 1.47 bits per heavy atom. The van der Waals surface area contributed by atoms with Gasteiger partial charge in [0.25, 0.3) is 0 Å². The molecule has 2 N–H and O–H groups in total. The van der Waals surface area contributed by atoms with Gasteiger partial charge in [-0.05, 0) is 44.5 Å². The van der Waals surface area contributed by atoms with Crippen molar-refractivity contribution in [3.63, 3.8) is 0 Å². The molecule has 0 radical (unpaired) electrons. The minimum atomic E-state index is -0.0610. The van der Waals surface area contributed by atoms with E-state index in [0.717, 1.165) is 5.69 Å². The smallest absolute Gasteiger partial charge is 0.221 e. The molecule has 0 spiro atoms. The fourth-order valence-corrected chi connectivity index (χ4v) is 3.53. The molecule has 0 aromatic heterocycles. The number of thioether (sulfide) groups is 1. The summed E-state index contributed by atoms with van der Waals surface area (Å²) in [6.45, 7) is 8.02. The lowest BCUT2D eigenvalue weighted by atomic mass is 9.93. The van der Waals surface area contributed by atoms with Crippen LogP contribution in [0.5, 0.6) is 0 Å². The Hall–Kier alpha value is -1.00. The van der Waals surface area contributed by atoms with Gasteiger partial charge in [-0.15, -0.1) is 11.8 Å². The number of hydrogen-bond acceptors (Lipinski definition) is 3. The first kappa shape index (κ1) is 12.5. The van der Waals surface area contributed by atoms with E-state index in [9.17, 15) is 4.79 Å². The zero-order valence-corrected chi connectivity index (χ0v) is 11.4. The molecule has 1 amide bonds. The van der Waals surface area contributed by atoms with E-state index in [0.29, 0.717) is 5.37 Å². The van der Waals surface area contributed by atoms with Crippen molar-refractivity contribution in [2.45, 2.75) is 43.5 Å². The molecule has 1 aromatic carbocycles. The van der Waals surface area contributed by atoms with E-state index in [1.165, 1.54) is 17.4 Å². The van der Waals surface area contributed by atoms with Gasteiger partial charge in [0.2, 0.25) is 5.91 Å². The van der Waals surface area contributed by atoms with E-state index in [1.54, 1.807) is 0 Å². The third kappa shape index (κ3) is 2.64. The SMILES string of the molecule is CC(=O)Nc1ccc2c(c1)C(C)(C)NC(C)S2. The molecule has 4 heteroatoms. The molecule has 0 bridgehead atoms. The van der Waals surface area contributed by atoms with E-state index in [-0.39, 0.29) is 11.4 Å². The van der Waals surface area contributed by atoms with Crippen LogP contribution in [-0.4, -0.2) is 11.3 Å². The number of carbonyl (C=O) groups is 1. The van der Waals surface area contributed by atoms with E-state index < -0.39 is 0 Å². The second-order valence-electron chi connectivity index (χ2n) is 4.92. The van der Waals surface area contributed by atoms with Gasteiger partial charge in [-0.25, -0.2) is 0 Å². The molecule has 1 aliphatic rings. The number of anilines is 1. The topological polar surface area (TPSA) is 41.1 Å². The molecule has 17 heavy (non-hydrogen) atoms. The van der Waals surface area contributed by atoms with Crippen LogP contribution < -0.4 is 10.6 Å². The average molecular weight is 250 g/mol. The van der Waals surface area contributed by atoms with E-state index in [1.807, 2.05) is 17.8 Å². The summed E-state index contributed by atoms with van der Waals surface area (Å²) in [4.78, 5) is 12.4. The number of rotatable bonds is 1. The Bertz CT molecular complexity index is 457. The number of benzene rings is 1. The van der Waals surface area contributed by atoms with Gasteiger partial charge < -0.3 is 5.32 Å². The van der Waals surface area contributed by atoms with Gasteiger partial charge in [0.05, 0.1) is 5.37 Å². The monoisotopic (exact) mass is 250 g/mol. The van der Waals surface area contributed by atoms with Gasteiger partial charge in [0.15, 0.2) is 0 Å². The zero-order chi connectivity index (χ0) is 12.6. The van der Waals surface area contributed by atoms with Gasteiger partial charge in [0, 0.05) is 23.0 Å². The summed E-state index contributed by atoms with van der Waals surface area (Å²) in [6, 6.07) is 6.11. The van der Waals surface area contributed by atoms with Crippen molar-refractivity contribution in [3.8, 4) is 0 Å². The summed E-state index contributed by atoms with van der Waals surface area (Å²) in [7, 11) is 0. The summed E-state index contributed by atoms with van der Waals surface area (Å²) in [5.74, 6) is -0.0347. The highest BCUT2D eigenvalue weighted by atomic mass is 32.2. The highest BCUT2D eigenvalue weighted by Gasteiger charge is 2.30. The summed E-state index contributed by atoms with van der Waals surface area (Å²) in [5, 5.41) is 6.78. The maximum atomic E-state index is 11.1. The number of hydrogen-bond donors (Lipinski definition) is 2. The second kappa shape index (κ2) is 4.35. The minimum absolute atomic E-state index is 0.0347. The summed E-state index contributed by atoms with van der Waals surface area (Å²) < 4.78 is 0. The molecule has 92 valence electrons. The molecule has 3 nitrogen and oxygen atoms in total. The summed E-state index contributed by atoms with van der Waals surface area (Å²) in [6.07, 6.45) is 0. The molecule has 0 saturated heterocycles. The van der Waals surface area contributed by atoms with Crippen LogP contribution in [0.2, 0.25) is 0 Å². The second-order valence-corrected chi connectivity index (χ2v) is 6.30. The van der Waals surface area contributed by atoms with Crippen molar-refractivity contribution < 1.29 is 4.79 Å². The molecular weight excluding hydrogens is 232 g/mol. The summed E-state index contributed by atoms with van der Waals surface area (Å²) in [5.41, 5.74) is 2.04. The quantitative estimate of drug-likeness (QED) is 0.805. The molecule has 0 fully saturated rings. The van der Waals surface area contributed by atoms with Gasteiger partial charge in [0.1, 0.15) is 0 Å². The molecule has 0 aliphatic carbocycles. The van der Waals surface area contributed by atoms with Crippen molar-refractivity contribution in [3.05, 3.63) is 23.8 Å². The first-order chi connectivity index (χ1) is 7.88. The average Bonchev–Trinajstić information content (AvgIpc) is 2.17. The fourth-order valence-electron chi connectivity index (χ4n) is 2.21. The normalized spacial score (nSPS) is 21.8. The Labute approximate surface area is 106 Å². The van der Waals surface area contributed by atoms with Gasteiger partial charge in [-0.1, -0.05) is 0 Å². The van der Waals surface area contributed by atoms with Crippen molar-refractivity contribution in [1.82, 2.24) is 5.32 Å².